The zero-order valence-corrected chi connectivity index (χ0v) is 15.5. The van der Waals surface area contributed by atoms with Crippen LogP contribution in [0.15, 0.2) is 24.3 Å². The molecule has 26 heavy (non-hydrogen) atoms. The summed E-state index contributed by atoms with van der Waals surface area (Å²) in [7, 11) is 0. The Morgan fingerprint density at radius 3 is 2.88 bits per heavy atom. The van der Waals surface area contributed by atoms with Crippen LogP contribution < -0.4 is 5.32 Å². The summed E-state index contributed by atoms with van der Waals surface area (Å²) in [6, 6.07) is 7.94. The summed E-state index contributed by atoms with van der Waals surface area (Å²) < 4.78 is 2.08. The minimum Gasteiger partial charge on any atom is -0.342 e. The molecular weight excluding hydrogens is 328 g/mol. The third kappa shape index (κ3) is 4.42. The van der Waals surface area contributed by atoms with Crippen LogP contribution in [-0.4, -0.2) is 39.4 Å². The van der Waals surface area contributed by atoms with Crippen molar-refractivity contribution >= 4 is 28.8 Å². The van der Waals surface area contributed by atoms with Crippen LogP contribution in [0.3, 0.4) is 0 Å². The molecule has 0 radical (unpaired) electrons. The fourth-order valence-electron chi connectivity index (χ4n) is 3.41. The number of carbonyl (C=O) groups excluding carboxylic acids is 2. The quantitative estimate of drug-likeness (QED) is 0.825. The number of aromatic nitrogens is 2. The number of nitrogens with zero attached hydrogens (tertiary/aromatic N) is 3. The molecule has 2 amide bonds. The number of carbonyl (C=O) groups is 2. The van der Waals surface area contributed by atoms with Crippen molar-refractivity contribution < 1.29 is 9.59 Å². The van der Waals surface area contributed by atoms with Gasteiger partial charge in [-0.2, -0.15) is 0 Å². The lowest BCUT2D eigenvalue weighted by Crippen LogP contribution is -2.33. The smallest absolute Gasteiger partial charge is 0.228 e. The Labute approximate surface area is 154 Å². The lowest BCUT2D eigenvalue weighted by Gasteiger charge is -2.20. The first-order valence-corrected chi connectivity index (χ1v) is 9.72. The van der Waals surface area contributed by atoms with Crippen LogP contribution in [-0.2, 0) is 16.1 Å². The van der Waals surface area contributed by atoms with Crippen molar-refractivity contribution in [3.05, 3.63) is 24.3 Å². The van der Waals surface area contributed by atoms with Crippen LogP contribution in [0.5, 0.6) is 0 Å². The van der Waals surface area contributed by atoms with Gasteiger partial charge in [0.2, 0.25) is 17.8 Å². The summed E-state index contributed by atoms with van der Waals surface area (Å²) in [5, 5.41) is 2.95. The number of anilines is 1. The first-order chi connectivity index (χ1) is 12.7. The number of nitrogens with one attached hydrogen (secondary N) is 1. The molecule has 140 valence electrons. The molecule has 0 atom stereocenters. The molecule has 0 bridgehead atoms. The Morgan fingerprint density at radius 2 is 2.04 bits per heavy atom. The maximum atomic E-state index is 12.4. The van der Waals surface area contributed by atoms with Gasteiger partial charge in [-0.05, 0) is 31.4 Å². The van der Waals surface area contributed by atoms with Gasteiger partial charge >= 0.3 is 0 Å². The Hall–Kier alpha value is -2.37. The predicted octanol–water partition coefficient (Wildman–Crippen LogP) is 3.57. The molecule has 0 aliphatic carbocycles. The molecule has 1 aliphatic heterocycles. The maximum Gasteiger partial charge on any atom is 0.228 e. The number of likely N-dealkylation sites (tertiary alicyclic amines) is 1. The molecule has 1 aliphatic rings. The number of aryl methyl sites for hydroxylation is 1. The van der Waals surface area contributed by atoms with Crippen LogP contribution >= 0.6 is 0 Å². The van der Waals surface area contributed by atoms with Crippen molar-refractivity contribution in [2.24, 2.45) is 0 Å². The number of hydrogen-bond donors (Lipinski definition) is 1. The fraction of sp³-hybridized carbons (Fsp3) is 0.550. The van der Waals surface area contributed by atoms with Crippen molar-refractivity contribution in [1.29, 1.82) is 0 Å². The van der Waals surface area contributed by atoms with Crippen LogP contribution in [0.2, 0.25) is 0 Å². The second-order valence-corrected chi connectivity index (χ2v) is 6.92. The second kappa shape index (κ2) is 8.83. The van der Waals surface area contributed by atoms with E-state index in [-0.39, 0.29) is 11.8 Å². The molecule has 1 N–H and O–H groups in total. The zero-order chi connectivity index (χ0) is 18.4. The monoisotopic (exact) mass is 356 g/mol. The van der Waals surface area contributed by atoms with E-state index in [2.05, 4.69) is 21.8 Å². The highest BCUT2D eigenvalue weighted by Gasteiger charge is 2.18. The minimum atomic E-state index is -0.0879. The first kappa shape index (κ1) is 18.4. The lowest BCUT2D eigenvalue weighted by molar-refractivity contribution is -0.131. The SMILES string of the molecule is CCCCn1c(NC(=O)CCN2CCCCCC2=O)nc2ccccc21. The van der Waals surface area contributed by atoms with E-state index in [9.17, 15) is 9.59 Å². The summed E-state index contributed by atoms with van der Waals surface area (Å²) in [6.45, 7) is 4.23. The Bertz CT molecular complexity index is 768. The van der Waals surface area contributed by atoms with E-state index in [0.717, 1.165) is 56.2 Å². The summed E-state index contributed by atoms with van der Waals surface area (Å²) in [5.41, 5.74) is 1.93. The third-order valence-electron chi connectivity index (χ3n) is 4.92. The van der Waals surface area contributed by atoms with E-state index in [0.29, 0.717) is 25.3 Å². The van der Waals surface area contributed by atoms with E-state index >= 15 is 0 Å². The summed E-state index contributed by atoms with van der Waals surface area (Å²) in [4.78, 5) is 30.9. The van der Waals surface area contributed by atoms with Crippen molar-refractivity contribution in [1.82, 2.24) is 14.5 Å². The van der Waals surface area contributed by atoms with E-state index in [1.807, 2.05) is 29.2 Å². The van der Waals surface area contributed by atoms with Gasteiger partial charge in [0, 0.05) is 32.5 Å². The number of imidazole rings is 1. The standard InChI is InChI=1S/C20H28N4O2/c1-2-3-14-24-17-10-7-6-9-16(17)21-20(24)22-18(25)12-15-23-13-8-4-5-11-19(23)26/h6-7,9-10H,2-5,8,11-15H2,1H3,(H,21,22,25). The number of para-hydroxylation sites is 2. The molecule has 3 rings (SSSR count). The highest BCUT2D eigenvalue weighted by Crippen LogP contribution is 2.20. The molecule has 2 aromatic rings. The van der Waals surface area contributed by atoms with Gasteiger partial charge in [-0.15, -0.1) is 0 Å². The van der Waals surface area contributed by atoms with Crippen molar-refractivity contribution in [3.63, 3.8) is 0 Å². The van der Waals surface area contributed by atoms with E-state index < -0.39 is 0 Å². The van der Waals surface area contributed by atoms with E-state index in [1.54, 1.807) is 0 Å². The molecule has 1 aromatic heterocycles. The molecule has 0 saturated carbocycles. The van der Waals surface area contributed by atoms with Crippen LogP contribution in [0.25, 0.3) is 11.0 Å². The third-order valence-corrected chi connectivity index (χ3v) is 4.92. The first-order valence-electron chi connectivity index (χ1n) is 9.72. The van der Waals surface area contributed by atoms with Gasteiger partial charge in [-0.1, -0.05) is 31.9 Å². The maximum absolute atomic E-state index is 12.4. The normalized spacial score (nSPS) is 15.3. The predicted molar refractivity (Wildman–Crippen MR) is 103 cm³/mol. The van der Waals surface area contributed by atoms with Gasteiger partial charge in [-0.3, -0.25) is 14.9 Å². The molecule has 1 aromatic carbocycles. The molecule has 1 fully saturated rings. The number of fused-ring (bicyclic) bond motifs is 1. The molecule has 1 saturated heterocycles. The van der Waals surface area contributed by atoms with Crippen LogP contribution in [0.4, 0.5) is 5.95 Å². The number of hydrogen-bond acceptors (Lipinski definition) is 3. The number of amides is 2. The van der Waals surface area contributed by atoms with Gasteiger partial charge in [0.1, 0.15) is 0 Å². The highest BCUT2D eigenvalue weighted by atomic mass is 16.2. The molecule has 0 spiro atoms. The average Bonchev–Trinajstić information content (AvgIpc) is 2.84. The van der Waals surface area contributed by atoms with E-state index in [1.165, 1.54) is 0 Å². The summed E-state index contributed by atoms with van der Waals surface area (Å²) in [6.07, 6.45) is 6.11. The fourth-order valence-corrected chi connectivity index (χ4v) is 3.41. The van der Waals surface area contributed by atoms with Crippen LogP contribution in [0.1, 0.15) is 51.9 Å². The van der Waals surface area contributed by atoms with Gasteiger partial charge < -0.3 is 9.47 Å². The molecular formula is C20H28N4O2. The Balaban J connectivity index is 1.65. The highest BCUT2D eigenvalue weighted by molar-refractivity contribution is 5.92. The van der Waals surface area contributed by atoms with Gasteiger partial charge in [0.05, 0.1) is 11.0 Å². The number of rotatable bonds is 7. The van der Waals surface area contributed by atoms with Crippen molar-refractivity contribution in [3.8, 4) is 0 Å². The number of benzene rings is 1. The molecule has 2 heterocycles. The van der Waals surface area contributed by atoms with Gasteiger partial charge in [0.25, 0.3) is 0 Å². The largest absolute Gasteiger partial charge is 0.342 e. The van der Waals surface area contributed by atoms with Crippen LogP contribution in [0, 0.1) is 0 Å². The lowest BCUT2D eigenvalue weighted by atomic mass is 10.2. The van der Waals surface area contributed by atoms with E-state index in [4.69, 9.17) is 0 Å². The number of unbranched alkanes of at least 4 members (excludes halogenated alkanes) is 1. The molecule has 0 unspecified atom stereocenters. The summed E-state index contributed by atoms with van der Waals surface area (Å²) in [5.74, 6) is 0.687. The molecule has 6 nitrogen and oxygen atoms in total. The zero-order valence-electron chi connectivity index (χ0n) is 15.5. The molecule has 6 heteroatoms. The van der Waals surface area contributed by atoms with Gasteiger partial charge in [-0.25, -0.2) is 4.98 Å². The van der Waals surface area contributed by atoms with Crippen molar-refractivity contribution in [2.75, 3.05) is 18.4 Å². The average molecular weight is 356 g/mol. The topological polar surface area (TPSA) is 67.2 Å². The Kier molecular flexibility index (Phi) is 6.26. The summed E-state index contributed by atoms with van der Waals surface area (Å²) >= 11 is 0. The van der Waals surface area contributed by atoms with Gasteiger partial charge in [0.15, 0.2) is 0 Å². The minimum absolute atomic E-state index is 0.0879. The van der Waals surface area contributed by atoms with Crippen molar-refractivity contribution in [2.45, 2.75) is 58.4 Å². The Morgan fingerprint density at radius 1 is 1.19 bits per heavy atom. The second-order valence-electron chi connectivity index (χ2n) is 6.92.